The van der Waals surface area contributed by atoms with Gasteiger partial charge in [-0.15, -0.1) is 10.2 Å². The molecule has 2 aromatic heterocycles. The smallest absolute Gasteiger partial charge is 0.225 e. The van der Waals surface area contributed by atoms with Crippen LogP contribution in [-0.2, 0) is 19.7 Å². The van der Waals surface area contributed by atoms with Crippen molar-refractivity contribution in [2.24, 2.45) is 0 Å². The van der Waals surface area contributed by atoms with E-state index in [4.69, 9.17) is 0 Å². The van der Waals surface area contributed by atoms with Crippen molar-refractivity contribution in [1.29, 1.82) is 0 Å². The molecule has 0 spiro atoms. The standard InChI is InChI=1S/C40H26BrN3O4S2/c41-31-13-17-33(18-14-31)49(45,46)39-23-24-40(43-42-39)50(47,48)34-19-15-32(16-20-34)44-37-21-11-29(27-7-3-1-4-8-27)25-35(37)36-26-30(12-22-38(36)44)28-9-5-2-6-10-28/h1-26H. The van der Waals surface area contributed by atoms with Crippen LogP contribution in [0.2, 0.25) is 0 Å². The van der Waals surface area contributed by atoms with E-state index >= 15 is 0 Å². The molecule has 10 heteroatoms. The number of nitrogens with zero attached hydrogens (tertiary/aromatic N) is 3. The van der Waals surface area contributed by atoms with E-state index in [1.54, 1.807) is 24.3 Å². The van der Waals surface area contributed by atoms with Gasteiger partial charge < -0.3 is 4.57 Å². The fraction of sp³-hybridized carbons (Fsp3) is 0. The van der Waals surface area contributed by atoms with Crippen LogP contribution in [0, 0.1) is 0 Å². The molecule has 0 atom stereocenters. The third-order valence-electron chi connectivity index (χ3n) is 8.67. The number of fused-ring (bicyclic) bond motifs is 3. The van der Waals surface area contributed by atoms with Crippen LogP contribution >= 0.6 is 15.9 Å². The normalized spacial score (nSPS) is 12.0. The van der Waals surface area contributed by atoms with Crippen LogP contribution in [0.5, 0.6) is 0 Å². The molecule has 0 amide bonds. The number of benzene rings is 6. The van der Waals surface area contributed by atoms with E-state index in [1.165, 1.54) is 30.3 Å². The molecule has 0 bridgehead atoms. The van der Waals surface area contributed by atoms with Crippen molar-refractivity contribution < 1.29 is 16.8 Å². The first-order valence-electron chi connectivity index (χ1n) is 15.6. The lowest BCUT2D eigenvalue weighted by Crippen LogP contribution is -2.10. The first-order chi connectivity index (χ1) is 24.2. The molecule has 0 aliphatic carbocycles. The highest BCUT2D eigenvalue weighted by Crippen LogP contribution is 2.37. The monoisotopic (exact) mass is 755 g/mol. The second-order valence-electron chi connectivity index (χ2n) is 11.7. The summed E-state index contributed by atoms with van der Waals surface area (Å²) in [6.07, 6.45) is 0. The van der Waals surface area contributed by atoms with Crippen molar-refractivity contribution >= 4 is 57.4 Å². The second-order valence-corrected chi connectivity index (χ2v) is 16.4. The van der Waals surface area contributed by atoms with E-state index in [0.29, 0.717) is 0 Å². The van der Waals surface area contributed by atoms with Gasteiger partial charge in [0.25, 0.3) is 0 Å². The van der Waals surface area contributed by atoms with Crippen molar-refractivity contribution in [2.75, 3.05) is 0 Å². The lowest BCUT2D eigenvalue weighted by Gasteiger charge is -2.10. The predicted octanol–water partition coefficient (Wildman–Crippen LogP) is 9.34. The summed E-state index contributed by atoms with van der Waals surface area (Å²) in [5, 5.41) is 9.07. The molecule has 8 aromatic rings. The zero-order valence-corrected chi connectivity index (χ0v) is 29.4. The molecular formula is C40H26BrN3O4S2. The average molecular weight is 757 g/mol. The number of hydrogen-bond acceptors (Lipinski definition) is 6. The van der Waals surface area contributed by atoms with Gasteiger partial charge in [0.1, 0.15) is 0 Å². The van der Waals surface area contributed by atoms with Gasteiger partial charge in [-0.2, -0.15) is 0 Å². The Bertz CT molecular complexity index is 2660. The highest BCUT2D eigenvalue weighted by Gasteiger charge is 2.24. The lowest BCUT2D eigenvalue weighted by molar-refractivity contribution is 0.580. The summed E-state index contributed by atoms with van der Waals surface area (Å²) in [5.41, 5.74) is 7.17. The minimum absolute atomic E-state index is 0.0116. The van der Waals surface area contributed by atoms with Gasteiger partial charge in [0.15, 0.2) is 10.1 Å². The van der Waals surface area contributed by atoms with E-state index in [2.05, 4.69) is 91.4 Å². The Morgan fingerprint density at radius 2 is 0.860 bits per heavy atom. The Hall–Kier alpha value is -5.42. The van der Waals surface area contributed by atoms with Crippen LogP contribution in [0.4, 0.5) is 0 Å². The molecule has 244 valence electrons. The van der Waals surface area contributed by atoms with Gasteiger partial charge in [0.2, 0.25) is 19.7 Å². The molecule has 8 rings (SSSR count). The minimum atomic E-state index is -4.10. The molecule has 0 unspecified atom stereocenters. The summed E-state index contributed by atoms with van der Waals surface area (Å²) < 4.78 is 56.1. The molecule has 0 aliphatic heterocycles. The van der Waals surface area contributed by atoms with Crippen LogP contribution < -0.4 is 0 Å². The van der Waals surface area contributed by atoms with Gasteiger partial charge in [-0.1, -0.05) is 88.7 Å². The quantitative estimate of drug-likeness (QED) is 0.161. The van der Waals surface area contributed by atoms with Gasteiger partial charge in [-0.25, -0.2) is 16.8 Å². The van der Waals surface area contributed by atoms with Crippen molar-refractivity contribution in [3.8, 4) is 27.9 Å². The SMILES string of the molecule is O=S(=O)(c1ccc(Br)cc1)c1ccc(S(=O)(=O)c2ccc(-n3c4ccc(-c5ccccc5)cc4c4cc(-c5ccccc5)ccc43)cc2)nn1. The van der Waals surface area contributed by atoms with Crippen LogP contribution in [-0.4, -0.2) is 31.6 Å². The van der Waals surface area contributed by atoms with Crippen molar-refractivity contribution in [3.63, 3.8) is 0 Å². The summed E-state index contributed by atoms with van der Waals surface area (Å²) in [5.74, 6) is 0. The molecule has 50 heavy (non-hydrogen) atoms. The number of aromatic nitrogens is 3. The van der Waals surface area contributed by atoms with Crippen molar-refractivity contribution in [2.45, 2.75) is 19.8 Å². The van der Waals surface area contributed by atoms with Crippen molar-refractivity contribution in [1.82, 2.24) is 14.8 Å². The molecule has 0 radical (unpaired) electrons. The second kappa shape index (κ2) is 12.5. The molecule has 2 heterocycles. The van der Waals surface area contributed by atoms with Gasteiger partial charge >= 0.3 is 0 Å². The maximum absolute atomic E-state index is 13.6. The lowest BCUT2D eigenvalue weighted by atomic mass is 10.0. The van der Waals surface area contributed by atoms with E-state index in [9.17, 15) is 16.8 Å². The predicted molar refractivity (Wildman–Crippen MR) is 199 cm³/mol. The molecule has 0 saturated carbocycles. The molecule has 0 saturated heterocycles. The molecular weight excluding hydrogens is 730 g/mol. The van der Waals surface area contributed by atoms with Gasteiger partial charge in [0.05, 0.1) is 20.8 Å². The molecule has 7 nitrogen and oxygen atoms in total. The van der Waals surface area contributed by atoms with E-state index in [-0.39, 0.29) is 19.8 Å². The fourth-order valence-corrected chi connectivity index (χ4v) is 8.67. The molecule has 0 N–H and O–H groups in total. The fourth-order valence-electron chi connectivity index (χ4n) is 6.15. The van der Waals surface area contributed by atoms with Gasteiger partial charge in [-0.3, -0.25) is 0 Å². The first kappa shape index (κ1) is 31.8. The Kier molecular flexibility index (Phi) is 7.94. The Morgan fingerprint density at radius 1 is 0.440 bits per heavy atom. The summed E-state index contributed by atoms with van der Waals surface area (Å²) in [7, 11) is -8.08. The minimum Gasteiger partial charge on any atom is -0.309 e. The molecule has 0 fully saturated rings. The Morgan fingerprint density at radius 3 is 1.28 bits per heavy atom. The summed E-state index contributed by atoms with van der Waals surface area (Å²) in [6.45, 7) is 0. The van der Waals surface area contributed by atoms with E-state index in [0.717, 1.165) is 60.3 Å². The average Bonchev–Trinajstić information content (AvgIpc) is 3.49. The maximum atomic E-state index is 13.6. The van der Waals surface area contributed by atoms with E-state index in [1.807, 2.05) is 36.4 Å². The number of hydrogen-bond donors (Lipinski definition) is 0. The number of halogens is 1. The topological polar surface area (TPSA) is 99.0 Å². The summed E-state index contributed by atoms with van der Waals surface area (Å²) in [6, 6.07) is 48.3. The maximum Gasteiger partial charge on any atom is 0.225 e. The highest BCUT2D eigenvalue weighted by atomic mass is 79.9. The highest BCUT2D eigenvalue weighted by molar-refractivity contribution is 9.10. The third-order valence-corrected chi connectivity index (χ3v) is 12.5. The Balaban J connectivity index is 1.18. The molecule has 6 aromatic carbocycles. The number of rotatable bonds is 7. The van der Waals surface area contributed by atoms with Crippen molar-refractivity contribution in [3.05, 3.63) is 162 Å². The number of sulfone groups is 2. The Labute approximate surface area is 297 Å². The van der Waals surface area contributed by atoms with Crippen LogP contribution in [0.3, 0.4) is 0 Å². The zero-order valence-electron chi connectivity index (χ0n) is 26.2. The van der Waals surface area contributed by atoms with Crippen LogP contribution in [0.15, 0.2) is 182 Å². The summed E-state index contributed by atoms with van der Waals surface area (Å²) in [4.78, 5) is 0.0383. The van der Waals surface area contributed by atoms with Gasteiger partial charge in [0, 0.05) is 20.9 Å². The van der Waals surface area contributed by atoms with Crippen LogP contribution in [0.1, 0.15) is 0 Å². The van der Waals surface area contributed by atoms with Crippen LogP contribution in [0.25, 0.3) is 49.7 Å². The third kappa shape index (κ3) is 5.61. The van der Waals surface area contributed by atoms with E-state index < -0.39 is 19.7 Å². The van der Waals surface area contributed by atoms with Gasteiger partial charge in [-0.05, 0) is 107 Å². The first-order valence-corrected chi connectivity index (χ1v) is 19.4. The zero-order chi connectivity index (χ0) is 34.5. The largest absolute Gasteiger partial charge is 0.309 e. The summed E-state index contributed by atoms with van der Waals surface area (Å²) >= 11 is 3.29. The molecule has 0 aliphatic rings.